The molecule has 2 aromatic rings. The van der Waals surface area contributed by atoms with Crippen LogP contribution >= 0.6 is 0 Å². The lowest BCUT2D eigenvalue weighted by Crippen LogP contribution is -2.20. The highest BCUT2D eigenvalue weighted by Crippen LogP contribution is 2.47. The van der Waals surface area contributed by atoms with Crippen molar-refractivity contribution in [2.45, 2.75) is 60.8 Å². The first-order valence-electron chi connectivity index (χ1n) is 9.87. The summed E-state index contributed by atoms with van der Waals surface area (Å²) in [5.74, 6) is 1.09. The summed E-state index contributed by atoms with van der Waals surface area (Å²) in [6.45, 7) is 18.3. The highest BCUT2D eigenvalue weighted by atomic mass is 14.7. The molecule has 1 N–H and O–H groups in total. The normalized spacial score (nSPS) is 20.5. The number of para-hydroxylation sites is 1. The minimum atomic E-state index is -0.0569. The van der Waals surface area contributed by atoms with Gasteiger partial charge in [0.05, 0.1) is 0 Å². The lowest BCUT2D eigenvalue weighted by molar-refractivity contribution is 0.631. The lowest BCUT2D eigenvalue weighted by Gasteiger charge is -2.27. The van der Waals surface area contributed by atoms with E-state index < -0.39 is 0 Å². The van der Waals surface area contributed by atoms with E-state index in [1.165, 1.54) is 44.5 Å². The highest BCUT2D eigenvalue weighted by molar-refractivity contribution is 5.90. The summed E-state index contributed by atoms with van der Waals surface area (Å²) in [6.07, 6.45) is 4.87. The van der Waals surface area contributed by atoms with Crippen molar-refractivity contribution < 1.29 is 0 Å². The second-order valence-electron chi connectivity index (χ2n) is 8.69. The molecule has 0 fully saturated rings. The molecule has 1 nitrogen and oxygen atoms in total. The molecule has 138 valence electrons. The highest BCUT2D eigenvalue weighted by Gasteiger charge is 2.36. The first kappa shape index (κ1) is 18.8. The number of allylic oxidation sites excluding steroid dienone is 5. The van der Waals surface area contributed by atoms with Crippen molar-refractivity contribution in [3.63, 3.8) is 0 Å². The Balaban J connectivity index is 2.34. The molecule has 0 saturated heterocycles. The molecule has 0 spiro atoms. The molecular weight excluding hydrogens is 314 g/mol. The van der Waals surface area contributed by atoms with Crippen LogP contribution in [-0.2, 0) is 5.41 Å². The number of hydrogen-bond acceptors (Lipinski definition) is 0. The van der Waals surface area contributed by atoms with E-state index in [1.807, 2.05) is 0 Å². The summed E-state index contributed by atoms with van der Waals surface area (Å²) in [5.41, 5.74) is 9.65. The summed E-state index contributed by atoms with van der Waals surface area (Å²) in [5, 5.41) is 1.34. The summed E-state index contributed by atoms with van der Waals surface area (Å²) in [6, 6.07) is 8.73. The zero-order chi connectivity index (χ0) is 19.2. The third-order valence-corrected chi connectivity index (χ3v) is 6.34. The van der Waals surface area contributed by atoms with Crippen molar-refractivity contribution in [3.05, 3.63) is 63.9 Å². The Morgan fingerprint density at radius 2 is 1.62 bits per heavy atom. The van der Waals surface area contributed by atoms with Gasteiger partial charge in [-0.3, -0.25) is 0 Å². The molecule has 1 aliphatic rings. The van der Waals surface area contributed by atoms with Gasteiger partial charge in [0.15, 0.2) is 0 Å². The topological polar surface area (TPSA) is 15.8 Å². The Morgan fingerprint density at radius 1 is 1.00 bits per heavy atom. The number of rotatable bonds is 4. The molecule has 1 aromatic heterocycles. The van der Waals surface area contributed by atoms with Gasteiger partial charge in [-0.25, -0.2) is 0 Å². The van der Waals surface area contributed by atoms with E-state index in [2.05, 4.69) is 96.8 Å². The maximum atomic E-state index is 3.73. The molecule has 1 heteroatoms. The minimum Gasteiger partial charge on any atom is -0.355 e. The Bertz CT molecular complexity index is 920. The predicted octanol–water partition coefficient (Wildman–Crippen LogP) is 7.42. The van der Waals surface area contributed by atoms with Crippen LogP contribution in [-0.4, -0.2) is 4.98 Å². The average Bonchev–Trinajstić information content (AvgIpc) is 3.04. The number of benzene rings is 1. The first-order chi connectivity index (χ1) is 12.2. The molecule has 1 atom stereocenters. The fourth-order valence-electron chi connectivity index (χ4n) is 4.59. The molecule has 0 amide bonds. The minimum absolute atomic E-state index is 0.0569. The van der Waals surface area contributed by atoms with Gasteiger partial charge in [-0.2, -0.15) is 0 Å². The van der Waals surface area contributed by atoms with Crippen molar-refractivity contribution in [1.82, 2.24) is 4.98 Å². The van der Waals surface area contributed by atoms with Gasteiger partial charge in [-0.15, -0.1) is 0 Å². The monoisotopic (exact) mass is 347 g/mol. The second-order valence-corrected chi connectivity index (χ2v) is 8.69. The summed E-state index contributed by atoms with van der Waals surface area (Å²) >= 11 is 0. The van der Waals surface area contributed by atoms with Crippen LogP contribution in [0.1, 0.15) is 66.6 Å². The molecule has 0 bridgehead atoms. The van der Waals surface area contributed by atoms with Crippen molar-refractivity contribution in [1.29, 1.82) is 0 Å². The van der Waals surface area contributed by atoms with E-state index in [4.69, 9.17) is 0 Å². The Morgan fingerprint density at radius 3 is 2.15 bits per heavy atom. The molecule has 0 saturated carbocycles. The zero-order valence-corrected chi connectivity index (χ0v) is 17.6. The van der Waals surface area contributed by atoms with Crippen LogP contribution in [0.25, 0.3) is 17.0 Å². The Kier molecular flexibility index (Phi) is 4.77. The second kappa shape index (κ2) is 6.61. The number of hydrogen-bond donors (Lipinski definition) is 1. The lowest BCUT2D eigenvalue weighted by atomic mass is 9.76. The fourth-order valence-corrected chi connectivity index (χ4v) is 4.59. The number of nitrogens with one attached hydrogen (secondary N) is 1. The van der Waals surface area contributed by atoms with Crippen LogP contribution in [0.3, 0.4) is 0 Å². The number of aromatic amines is 1. The van der Waals surface area contributed by atoms with Gasteiger partial charge in [0.1, 0.15) is 0 Å². The van der Waals surface area contributed by atoms with E-state index in [0.717, 1.165) is 0 Å². The number of fused-ring (bicyclic) bond motifs is 1. The fraction of sp³-hybridized carbons (Fsp3) is 0.440. The molecule has 1 heterocycles. The summed E-state index contributed by atoms with van der Waals surface area (Å²) < 4.78 is 0. The van der Waals surface area contributed by atoms with Crippen LogP contribution in [0.5, 0.6) is 0 Å². The first-order valence-corrected chi connectivity index (χ1v) is 9.87. The summed E-state index contributed by atoms with van der Waals surface area (Å²) in [4.78, 5) is 3.73. The molecular formula is C25H33N. The number of H-pyrrole nitrogens is 1. The SMILES string of the molecule is CC1=CC(C)(c2c(C=C(C(C)C)C(C)C)[nH]c3ccccc23)C(C)=C1C. The maximum absolute atomic E-state index is 3.73. The zero-order valence-electron chi connectivity index (χ0n) is 17.6. The smallest absolute Gasteiger partial charge is 0.0461 e. The largest absolute Gasteiger partial charge is 0.355 e. The number of aromatic nitrogens is 1. The van der Waals surface area contributed by atoms with Gasteiger partial charge in [0, 0.05) is 22.0 Å². The molecule has 26 heavy (non-hydrogen) atoms. The van der Waals surface area contributed by atoms with E-state index in [1.54, 1.807) is 0 Å². The van der Waals surface area contributed by atoms with E-state index in [-0.39, 0.29) is 5.41 Å². The standard InChI is InChI=1S/C25H33N/c1-15(2)21(16(3)4)13-23-24(20-11-9-10-12-22(20)26-23)25(8)14-17(5)18(6)19(25)7/h9-16,26H,1-8H3. The van der Waals surface area contributed by atoms with Gasteiger partial charge in [0.25, 0.3) is 0 Å². The van der Waals surface area contributed by atoms with Gasteiger partial charge in [-0.05, 0) is 62.8 Å². The molecule has 0 radical (unpaired) electrons. The van der Waals surface area contributed by atoms with Gasteiger partial charge in [0.2, 0.25) is 0 Å². The van der Waals surface area contributed by atoms with Crippen LogP contribution in [0.2, 0.25) is 0 Å². The molecule has 1 aliphatic carbocycles. The van der Waals surface area contributed by atoms with Crippen LogP contribution in [0.4, 0.5) is 0 Å². The van der Waals surface area contributed by atoms with Crippen molar-refractivity contribution in [2.24, 2.45) is 11.8 Å². The third-order valence-electron chi connectivity index (χ3n) is 6.34. The summed E-state index contributed by atoms with van der Waals surface area (Å²) in [7, 11) is 0. The van der Waals surface area contributed by atoms with Gasteiger partial charge < -0.3 is 4.98 Å². The van der Waals surface area contributed by atoms with E-state index in [9.17, 15) is 0 Å². The van der Waals surface area contributed by atoms with Crippen molar-refractivity contribution in [3.8, 4) is 0 Å². The molecule has 3 rings (SSSR count). The van der Waals surface area contributed by atoms with Crippen molar-refractivity contribution >= 4 is 17.0 Å². The van der Waals surface area contributed by atoms with Crippen LogP contribution < -0.4 is 0 Å². The van der Waals surface area contributed by atoms with Crippen molar-refractivity contribution in [2.75, 3.05) is 0 Å². The molecule has 0 aliphatic heterocycles. The van der Waals surface area contributed by atoms with Crippen LogP contribution in [0, 0.1) is 11.8 Å². The third kappa shape index (κ3) is 2.88. The van der Waals surface area contributed by atoms with Gasteiger partial charge in [-0.1, -0.05) is 68.7 Å². The van der Waals surface area contributed by atoms with Gasteiger partial charge >= 0.3 is 0 Å². The molecule has 1 aromatic carbocycles. The van der Waals surface area contributed by atoms with E-state index in [0.29, 0.717) is 11.8 Å². The van der Waals surface area contributed by atoms with E-state index >= 15 is 0 Å². The van der Waals surface area contributed by atoms with Crippen LogP contribution in [0.15, 0.2) is 52.6 Å². The molecule has 1 unspecified atom stereocenters. The quantitative estimate of drug-likeness (QED) is 0.592. The predicted molar refractivity (Wildman–Crippen MR) is 115 cm³/mol. The Hall–Kier alpha value is -2.02. The average molecular weight is 348 g/mol. The maximum Gasteiger partial charge on any atom is 0.0461 e. The Labute approximate surface area is 158 Å².